The highest BCUT2D eigenvalue weighted by atomic mass is 16.5. The van der Waals surface area contributed by atoms with Crippen LogP contribution in [0.4, 0.5) is 0 Å². The molecule has 118 valence electrons. The van der Waals surface area contributed by atoms with Crippen molar-refractivity contribution in [3.05, 3.63) is 65.9 Å². The van der Waals surface area contributed by atoms with Gasteiger partial charge in [0.25, 0.3) is 0 Å². The van der Waals surface area contributed by atoms with E-state index in [0.29, 0.717) is 6.61 Å². The third-order valence-electron chi connectivity index (χ3n) is 4.61. The first-order chi connectivity index (χ1) is 11.4. The predicted molar refractivity (Wildman–Crippen MR) is 94.2 cm³/mol. The molecule has 2 heterocycles. The summed E-state index contributed by atoms with van der Waals surface area (Å²) in [6, 6.07) is 18.8. The highest BCUT2D eigenvalue weighted by Gasteiger charge is 2.18. The van der Waals surface area contributed by atoms with E-state index in [-0.39, 0.29) is 0 Å². The van der Waals surface area contributed by atoms with Gasteiger partial charge >= 0.3 is 0 Å². The van der Waals surface area contributed by atoms with Crippen molar-refractivity contribution in [3.8, 4) is 5.75 Å². The lowest BCUT2D eigenvalue weighted by atomic mass is 10.1. The predicted octanol–water partition coefficient (Wildman–Crippen LogP) is 3.41. The first-order valence-electron chi connectivity index (χ1n) is 8.41. The number of hydrogen-bond acceptors (Lipinski definition) is 2. The molecule has 0 atom stereocenters. The number of nitrogens with one attached hydrogen (secondary N) is 1. The summed E-state index contributed by atoms with van der Waals surface area (Å²) in [6.07, 6.45) is 2.21. The summed E-state index contributed by atoms with van der Waals surface area (Å²) in [6.45, 7) is 3.72. The van der Waals surface area contributed by atoms with Gasteiger partial charge in [0, 0.05) is 29.6 Å². The molecule has 2 aromatic carbocycles. The smallest absolute Gasteiger partial charge is 0.119 e. The molecular weight excluding hydrogens is 284 g/mol. The van der Waals surface area contributed by atoms with Crippen LogP contribution < -0.4 is 10.1 Å². The van der Waals surface area contributed by atoms with Gasteiger partial charge in [-0.2, -0.15) is 0 Å². The Hall–Kier alpha value is -2.26. The van der Waals surface area contributed by atoms with Gasteiger partial charge < -0.3 is 14.6 Å². The Balaban J connectivity index is 1.62. The van der Waals surface area contributed by atoms with Gasteiger partial charge in [-0.05, 0) is 36.7 Å². The Morgan fingerprint density at radius 1 is 0.913 bits per heavy atom. The van der Waals surface area contributed by atoms with E-state index in [2.05, 4.69) is 34.1 Å². The Kier molecular flexibility index (Phi) is 4.03. The maximum Gasteiger partial charge on any atom is 0.119 e. The first kappa shape index (κ1) is 14.3. The maximum atomic E-state index is 5.91. The molecule has 3 nitrogen and oxygen atoms in total. The lowest BCUT2D eigenvalue weighted by Gasteiger charge is -2.12. The van der Waals surface area contributed by atoms with E-state index < -0.39 is 0 Å². The molecular formula is C20H22N2O. The van der Waals surface area contributed by atoms with Gasteiger partial charge in [-0.15, -0.1) is 0 Å². The molecule has 1 aliphatic heterocycles. The minimum atomic E-state index is 0.697. The van der Waals surface area contributed by atoms with Crippen LogP contribution >= 0.6 is 0 Å². The Bertz CT molecular complexity index is 792. The van der Waals surface area contributed by atoms with Crippen molar-refractivity contribution in [2.75, 3.05) is 19.7 Å². The van der Waals surface area contributed by atoms with Gasteiger partial charge in [0.05, 0.1) is 6.54 Å². The summed E-state index contributed by atoms with van der Waals surface area (Å²) in [5.41, 5.74) is 4.34. The summed E-state index contributed by atoms with van der Waals surface area (Å²) in [5, 5.41) is 4.92. The van der Waals surface area contributed by atoms with Crippen LogP contribution in [0.25, 0.3) is 10.9 Å². The third kappa shape index (κ3) is 2.84. The highest BCUT2D eigenvalue weighted by molar-refractivity contribution is 5.85. The van der Waals surface area contributed by atoms with Crippen LogP contribution in [-0.4, -0.2) is 24.3 Å². The zero-order valence-corrected chi connectivity index (χ0v) is 13.3. The zero-order chi connectivity index (χ0) is 15.5. The van der Waals surface area contributed by atoms with Gasteiger partial charge in [0.15, 0.2) is 0 Å². The van der Waals surface area contributed by atoms with Crippen molar-refractivity contribution in [1.82, 2.24) is 9.88 Å². The fraction of sp³-hybridized carbons (Fsp3) is 0.300. The molecule has 0 bridgehead atoms. The number of para-hydroxylation sites is 2. The fourth-order valence-corrected chi connectivity index (χ4v) is 3.56. The van der Waals surface area contributed by atoms with E-state index in [1.807, 2.05) is 30.3 Å². The Labute approximate surface area is 136 Å². The van der Waals surface area contributed by atoms with Crippen molar-refractivity contribution in [3.63, 3.8) is 0 Å². The number of aromatic nitrogens is 1. The second kappa shape index (κ2) is 6.47. The molecule has 3 heteroatoms. The van der Waals surface area contributed by atoms with Gasteiger partial charge in [0.2, 0.25) is 0 Å². The molecule has 0 saturated heterocycles. The topological polar surface area (TPSA) is 26.2 Å². The highest BCUT2D eigenvalue weighted by Crippen LogP contribution is 2.28. The molecule has 23 heavy (non-hydrogen) atoms. The maximum absolute atomic E-state index is 5.91. The molecule has 4 rings (SSSR count). The quantitative estimate of drug-likeness (QED) is 0.799. The van der Waals surface area contributed by atoms with E-state index in [9.17, 15) is 0 Å². The van der Waals surface area contributed by atoms with Crippen LogP contribution in [0.15, 0.2) is 54.6 Å². The molecule has 1 N–H and O–H groups in total. The number of hydrogen-bond donors (Lipinski definition) is 1. The van der Waals surface area contributed by atoms with Crippen molar-refractivity contribution in [2.24, 2.45) is 0 Å². The molecule has 0 aliphatic carbocycles. The monoisotopic (exact) mass is 306 g/mol. The second-order valence-corrected chi connectivity index (χ2v) is 6.01. The Morgan fingerprint density at radius 3 is 2.61 bits per heavy atom. The van der Waals surface area contributed by atoms with E-state index in [4.69, 9.17) is 4.74 Å². The average Bonchev–Trinajstić information content (AvgIpc) is 2.76. The van der Waals surface area contributed by atoms with Crippen LogP contribution in [0.1, 0.15) is 11.3 Å². The van der Waals surface area contributed by atoms with Gasteiger partial charge in [-0.3, -0.25) is 0 Å². The molecule has 0 fully saturated rings. The lowest BCUT2D eigenvalue weighted by Crippen LogP contribution is -2.17. The Morgan fingerprint density at radius 2 is 1.70 bits per heavy atom. The molecule has 0 spiro atoms. The first-order valence-corrected chi connectivity index (χ1v) is 8.41. The minimum Gasteiger partial charge on any atom is -0.492 e. The number of benzene rings is 2. The van der Waals surface area contributed by atoms with Crippen molar-refractivity contribution >= 4 is 10.9 Å². The van der Waals surface area contributed by atoms with Crippen LogP contribution in [0.3, 0.4) is 0 Å². The van der Waals surface area contributed by atoms with Crippen LogP contribution in [0.2, 0.25) is 0 Å². The minimum absolute atomic E-state index is 0.697. The van der Waals surface area contributed by atoms with E-state index >= 15 is 0 Å². The number of rotatable bonds is 4. The largest absolute Gasteiger partial charge is 0.492 e. The third-order valence-corrected chi connectivity index (χ3v) is 4.61. The van der Waals surface area contributed by atoms with E-state index in [1.54, 1.807) is 0 Å². The van der Waals surface area contributed by atoms with Crippen LogP contribution in [0.5, 0.6) is 5.75 Å². The van der Waals surface area contributed by atoms with Gasteiger partial charge in [-0.1, -0.05) is 36.4 Å². The number of ether oxygens (including phenoxy) is 1. The van der Waals surface area contributed by atoms with E-state index in [0.717, 1.165) is 38.2 Å². The summed E-state index contributed by atoms with van der Waals surface area (Å²) in [7, 11) is 0. The SMILES string of the molecule is c1ccc(OCCn2c3c(c4ccccc42)CCNCC3)cc1. The summed E-state index contributed by atoms with van der Waals surface area (Å²) < 4.78 is 8.37. The van der Waals surface area contributed by atoms with Crippen LogP contribution in [0, 0.1) is 0 Å². The number of fused-ring (bicyclic) bond motifs is 3. The summed E-state index contributed by atoms with van der Waals surface area (Å²) in [5.74, 6) is 0.941. The van der Waals surface area contributed by atoms with Crippen LogP contribution in [-0.2, 0) is 19.4 Å². The second-order valence-electron chi connectivity index (χ2n) is 6.01. The average molecular weight is 306 g/mol. The van der Waals surface area contributed by atoms with Gasteiger partial charge in [0.1, 0.15) is 12.4 Å². The molecule has 1 aromatic heterocycles. The molecule has 0 unspecified atom stereocenters. The summed E-state index contributed by atoms with van der Waals surface area (Å²) >= 11 is 0. The molecule has 3 aromatic rings. The normalized spacial score (nSPS) is 14.4. The van der Waals surface area contributed by atoms with Gasteiger partial charge in [-0.25, -0.2) is 0 Å². The van der Waals surface area contributed by atoms with Crippen molar-refractivity contribution < 1.29 is 4.74 Å². The molecule has 1 aliphatic rings. The zero-order valence-electron chi connectivity index (χ0n) is 13.3. The lowest BCUT2D eigenvalue weighted by molar-refractivity contribution is 0.299. The van der Waals surface area contributed by atoms with Crippen molar-refractivity contribution in [2.45, 2.75) is 19.4 Å². The van der Waals surface area contributed by atoms with E-state index in [1.165, 1.54) is 22.2 Å². The standard InChI is InChI=1S/C20H22N2O/c1-2-6-16(7-3-1)23-15-14-22-19-9-5-4-8-17(19)18-10-12-21-13-11-20(18)22/h1-9,21H,10-15H2. The molecule has 0 saturated carbocycles. The fourth-order valence-electron chi connectivity index (χ4n) is 3.56. The number of nitrogens with zero attached hydrogens (tertiary/aromatic N) is 1. The van der Waals surface area contributed by atoms with Crippen molar-refractivity contribution in [1.29, 1.82) is 0 Å². The molecule has 0 amide bonds. The molecule has 0 radical (unpaired) electrons. The summed E-state index contributed by atoms with van der Waals surface area (Å²) in [4.78, 5) is 0.